The van der Waals surface area contributed by atoms with E-state index in [2.05, 4.69) is 29.3 Å². The normalized spacial score (nSPS) is 26.2. The predicted molar refractivity (Wildman–Crippen MR) is 68.1 cm³/mol. The molecule has 3 atom stereocenters. The predicted octanol–water partition coefficient (Wildman–Crippen LogP) is 2.62. The molecule has 1 N–H and O–H groups in total. The first kappa shape index (κ1) is 13.5. The van der Waals surface area contributed by atoms with Gasteiger partial charge in [-0.2, -0.15) is 4.98 Å². The third-order valence-corrected chi connectivity index (χ3v) is 3.62. The van der Waals surface area contributed by atoms with Gasteiger partial charge in [0.15, 0.2) is 0 Å². The summed E-state index contributed by atoms with van der Waals surface area (Å²) < 4.78 is 10.8. The molecule has 0 aliphatic carbocycles. The summed E-state index contributed by atoms with van der Waals surface area (Å²) >= 11 is 0. The Kier molecular flexibility index (Phi) is 4.72. The highest BCUT2D eigenvalue weighted by atomic mass is 16.5. The Labute approximate surface area is 108 Å². The Morgan fingerprint density at radius 2 is 2.39 bits per heavy atom. The average Bonchev–Trinajstić information content (AvgIpc) is 2.85. The second kappa shape index (κ2) is 6.29. The zero-order valence-corrected chi connectivity index (χ0v) is 11.5. The molecular weight excluding hydrogens is 230 g/mol. The van der Waals surface area contributed by atoms with Crippen molar-refractivity contribution in [1.82, 2.24) is 15.5 Å². The van der Waals surface area contributed by atoms with Gasteiger partial charge < -0.3 is 14.6 Å². The Morgan fingerprint density at radius 3 is 3.06 bits per heavy atom. The number of nitrogens with zero attached hydrogens (tertiary/aromatic N) is 2. The van der Waals surface area contributed by atoms with E-state index in [0.717, 1.165) is 19.4 Å². The first-order chi connectivity index (χ1) is 8.76. The minimum absolute atomic E-state index is 0.0496. The van der Waals surface area contributed by atoms with E-state index >= 15 is 0 Å². The van der Waals surface area contributed by atoms with E-state index in [1.807, 2.05) is 0 Å². The zero-order chi connectivity index (χ0) is 13.0. The van der Waals surface area contributed by atoms with Crippen LogP contribution < -0.4 is 5.32 Å². The lowest BCUT2D eigenvalue weighted by Crippen LogP contribution is -2.33. The Balaban J connectivity index is 2.08. The molecule has 0 radical (unpaired) electrons. The summed E-state index contributed by atoms with van der Waals surface area (Å²) in [6.07, 6.45) is 4.34. The van der Waals surface area contributed by atoms with Crippen LogP contribution in [0.5, 0.6) is 0 Å². The number of ether oxygens (including phenoxy) is 1. The van der Waals surface area contributed by atoms with Crippen LogP contribution in [0.4, 0.5) is 0 Å². The summed E-state index contributed by atoms with van der Waals surface area (Å²) in [5.41, 5.74) is 0. The van der Waals surface area contributed by atoms with Crippen LogP contribution in [0.25, 0.3) is 0 Å². The maximum Gasteiger partial charge on any atom is 0.244 e. The number of methoxy groups -OCH3 is 1. The molecule has 0 bridgehead atoms. The van der Waals surface area contributed by atoms with Crippen molar-refractivity contribution in [3.8, 4) is 0 Å². The average molecular weight is 253 g/mol. The molecule has 0 aromatic carbocycles. The molecule has 0 saturated carbocycles. The van der Waals surface area contributed by atoms with E-state index in [1.54, 1.807) is 7.11 Å². The quantitative estimate of drug-likeness (QED) is 0.874. The number of hydrogen-bond donors (Lipinski definition) is 1. The van der Waals surface area contributed by atoms with Gasteiger partial charge in [0.25, 0.3) is 0 Å². The molecule has 102 valence electrons. The standard InChI is InChI=1S/C13H23N3O2/c1-4-6-10(17-3)12-15-13(18-16-12)11-9(2)7-5-8-14-11/h9-11,14H,4-8H2,1-3H3. The lowest BCUT2D eigenvalue weighted by molar-refractivity contribution is 0.0854. The summed E-state index contributed by atoms with van der Waals surface area (Å²) in [6.45, 7) is 5.37. The second-order valence-electron chi connectivity index (χ2n) is 5.06. The molecular formula is C13H23N3O2. The molecule has 5 heteroatoms. The number of piperidine rings is 1. The third kappa shape index (κ3) is 2.90. The number of aromatic nitrogens is 2. The molecule has 3 unspecified atom stereocenters. The first-order valence-corrected chi connectivity index (χ1v) is 6.86. The largest absolute Gasteiger partial charge is 0.373 e. The maximum absolute atomic E-state index is 5.40. The van der Waals surface area contributed by atoms with Gasteiger partial charge in [0.1, 0.15) is 6.10 Å². The van der Waals surface area contributed by atoms with Crippen molar-refractivity contribution in [2.24, 2.45) is 5.92 Å². The molecule has 1 saturated heterocycles. The minimum atomic E-state index is -0.0496. The van der Waals surface area contributed by atoms with Crippen molar-refractivity contribution in [1.29, 1.82) is 0 Å². The molecule has 2 rings (SSSR count). The van der Waals surface area contributed by atoms with E-state index in [0.29, 0.717) is 17.6 Å². The van der Waals surface area contributed by atoms with Crippen molar-refractivity contribution in [2.75, 3.05) is 13.7 Å². The van der Waals surface area contributed by atoms with Gasteiger partial charge in [-0.15, -0.1) is 0 Å². The summed E-state index contributed by atoms with van der Waals surface area (Å²) in [5.74, 6) is 1.92. The second-order valence-corrected chi connectivity index (χ2v) is 5.06. The van der Waals surface area contributed by atoms with Crippen LogP contribution in [-0.4, -0.2) is 23.8 Å². The van der Waals surface area contributed by atoms with Crippen LogP contribution in [0.3, 0.4) is 0 Å². The van der Waals surface area contributed by atoms with Gasteiger partial charge >= 0.3 is 0 Å². The van der Waals surface area contributed by atoms with Crippen molar-refractivity contribution in [3.05, 3.63) is 11.7 Å². The van der Waals surface area contributed by atoms with E-state index in [-0.39, 0.29) is 12.1 Å². The fraction of sp³-hybridized carbons (Fsp3) is 0.846. The monoisotopic (exact) mass is 253 g/mol. The van der Waals surface area contributed by atoms with Crippen LogP contribution >= 0.6 is 0 Å². The lowest BCUT2D eigenvalue weighted by atomic mass is 9.93. The number of hydrogen-bond acceptors (Lipinski definition) is 5. The highest BCUT2D eigenvalue weighted by Crippen LogP contribution is 2.29. The van der Waals surface area contributed by atoms with Crippen molar-refractivity contribution in [2.45, 2.75) is 51.7 Å². The molecule has 5 nitrogen and oxygen atoms in total. The van der Waals surface area contributed by atoms with E-state index in [4.69, 9.17) is 9.26 Å². The summed E-state index contributed by atoms with van der Waals surface area (Å²) in [5, 5.41) is 7.51. The van der Waals surface area contributed by atoms with Gasteiger partial charge in [0, 0.05) is 7.11 Å². The van der Waals surface area contributed by atoms with E-state index in [1.165, 1.54) is 12.8 Å². The third-order valence-electron chi connectivity index (χ3n) is 3.62. The Hall–Kier alpha value is -0.940. The fourth-order valence-corrected chi connectivity index (χ4v) is 2.50. The first-order valence-electron chi connectivity index (χ1n) is 6.86. The van der Waals surface area contributed by atoms with Gasteiger partial charge in [0.05, 0.1) is 6.04 Å². The van der Waals surface area contributed by atoms with Crippen molar-refractivity contribution >= 4 is 0 Å². The zero-order valence-electron chi connectivity index (χ0n) is 11.5. The molecule has 0 amide bonds. The Bertz CT molecular complexity index is 367. The fourth-order valence-electron chi connectivity index (χ4n) is 2.50. The lowest BCUT2D eigenvalue weighted by Gasteiger charge is -2.26. The summed E-state index contributed by atoms with van der Waals surface area (Å²) in [4.78, 5) is 4.51. The smallest absolute Gasteiger partial charge is 0.244 e. The molecule has 1 aliphatic rings. The maximum atomic E-state index is 5.40. The molecule has 1 aromatic rings. The highest BCUT2D eigenvalue weighted by Gasteiger charge is 2.28. The van der Waals surface area contributed by atoms with E-state index < -0.39 is 0 Å². The van der Waals surface area contributed by atoms with Gasteiger partial charge in [-0.1, -0.05) is 25.4 Å². The highest BCUT2D eigenvalue weighted by molar-refractivity contribution is 4.98. The SMILES string of the molecule is CCCC(OC)c1noc(C2NCCCC2C)n1. The molecule has 1 aliphatic heterocycles. The Morgan fingerprint density at radius 1 is 1.56 bits per heavy atom. The van der Waals surface area contributed by atoms with Crippen LogP contribution in [0.15, 0.2) is 4.52 Å². The van der Waals surface area contributed by atoms with Gasteiger partial charge in [-0.3, -0.25) is 0 Å². The topological polar surface area (TPSA) is 60.2 Å². The van der Waals surface area contributed by atoms with Crippen molar-refractivity contribution in [3.63, 3.8) is 0 Å². The summed E-state index contributed by atoms with van der Waals surface area (Å²) in [7, 11) is 1.69. The number of rotatable bonds is 5. The molecule has 1 fully saturated rings. The molecule has 0 spiro atoms. The van der Waals surface area contributed by atoms with Crippen LogP contribution in [-0.2, 0) is 4.74 Å². The van der Waals surface area contributed by atoms with Crippen molar-refractivity contribution < 1.29 is 9.26 Å². The molecule has 2 heterocycles. The van der Waals surface area contributed by atoms with Gasteiger partial charge in [0.2, 0.25) is 11.7 Å². The van der Waals surface area contributed by atoms with Gasteiger partial charge in [-0.05, 0) is 31.7 Å². The van der Waals surface area contributed by atoms with Crippen LogP contribution in [0.2, 0.25) is 0 Å². The van der Waals surface area contributed by atoms with Gasteiger partial charge in [-0.25, -0.2) is 0 Å². The number of nitrogens with one attached hydrogen (secondary N) is 1. The molecule has 1 aromatic heterocycles. The molecule has 18 heavy (non-hydrogen) atoms. The van der Waals surface area contributed by atoms with Crippen LogP contribution in [0.1, 0.15) is 63.4 Å². The van der Waals surface area contributed by atoms with Crippen LogP contribution in [0, 0.1) is 5.92 Å². The minimum Gasteiger partial charge on any atom is -0.373 e. The van der Waals surface area contributed by atoms with E-state index in [9.17, 15) is 0 Å². The summed E-state index contributed by atoms with van der Waals surface area (Å²) in [6, 6.07) is 0.194.